The minimum Gasteiger partial charge on any atom is -0.504 e. The van der Waals surface area contributed by atoms with Crippen molar-refractivity contribution in [2.75, 3.05) is 14.2 Å². The van der Waals surface area contributed by atoms with Gasteiger partial charge in [0.15, 0.2) is 17.3 Å². The van der Waals surface area contributed by atoms with Gasteiger partial charge in [0, 0.05) is 12.7 Å². The van der Waals surface area contributed by atoms with E-state index in [9.17, 15) is 15.0 Å². The predicted molar refractivity (Wildman–Crippen MR) is 81.2 cm³/mol. The van der Waals surface area contributed by atoms with E-state index in [4.69, 9.17) is 9.47 Å². The maximum atomic E-state index is 12.1. The summed E-state index contributed by atoms with van der Waals surface area (Å²) >= 11 is 0. The summed E-state index contributed by atoms with van der Waals surface area (Å²) in [5.41, 5.74) is 0.546. The molecule has 2 unspecified atom stereocenters. The molecule has 0 heterocycles. The Morgan fingerprint density at radius 3 is 2.55 bits per heavy atom. The van der Waals surface area contributed by atoms with Crippen molar-refractivity contribution in [3.05, 3.63) is 71.7 Å². The Labute approximate surface area is 128 Å². The first kappa shape index (κ1) is 16.0. The summed E-state index contributed by atoms with van der Waals surface area (Å²) < 4.78 is 10.1. The van der Waals surface area contributed by atoms with Crippen LogP contribution in [-0.4, -0.2) is 36.0 Å². The fourth-order valence-corrected chi connectivity index (χ4v) is 2.30. The molecule has 0 saturated heterocycles. The fraction of sp³-hybridized carbons (Fsp3) is 0.235. The van der Waals surface area contributed by atoms with Crippen LogP contribution in [0.4, 0.5) is 0 Å². The van der Waals surface area contributed by atoms with E-state index in [1.807, 2.05) is 6.07 Å². The Kier molecular flexibility index (Phi) is 4.80. The smallest absolute Gasteiger partial charge is 0.238 e. The van der Waals surface area contributed by atoms with Gasteiger partial charge in [-0.25, -0.2) is 0 Å². The lowest BCUT2D eigenvalue weighted by Crippen LogP contribution is -2.43. The molecule has 5 nitrogen and oxygen atoms in total. The third-order valence-electron chi connectivity index (χ3n) is 3.50. The topological polar surface area (TPSA) is 76.0 Å². The number of hydrogen-bond donors (Lipinski definition) is 2. The van der Waals surface area contributed by atoms with Crippen LogP contribution in [0, 0.1) is 5.92 Å². The summed E-state index contributed by atoms with van der Waals surface area (Å²) in [7, 11) is 2.62. The molecule has 2 rings (SSSR count). The van der Waals surface area contributed by atoms with Crippen LogP contribution in [0.1, 0.15) is 10.4 Å². The Balaban J connectivity index is 2.24. The molecule has 0 aromatic heterocycles. The van der Waals surface area contributed by atoms with Crippen LogP contribution in [0.5, 0.6) is 0 Å². The molecule has 2 N–H and O–H groups in total. The van der Waals surface area contributed by atoms with Crippen molar-refractivity contribution in [2.45, 2.75) is 5.79 Å². The number of hydrogen-bond acceptors (Lipinski definition) is 5. The lowest BCUT2D eigenvalue weighted by Gasteiger charge is -2.34. The van der Waals surface area contributed by atoms with E-state index < -0.39 is 11.7 Å². The van der Waals surface area contributed by atoms with Crippen LogP contribution in [0.15, 0.2) is 66.2 Å². The Morgan fingerprint density at radius 1 is 1.27 bits per heavy atom. The maximum Gasteiger partial charge on any atom is 0.238 e. The van der Waals surface area contributed by atoms with Gasteiger partial charge in [-0.2, -0.15) is 0 Å². The quantitative estimate of drug-likeness (QED) is 0.496. The third kappa shape index (κ3) is 2.95. The van der Waals surface area contributed by atoms with Crippen molar-refractivity contribution in [3.8, 4) is 0 Å². The summed E-state index contributed by atoms with van der Waals surface area (Å²) in [5, 5.41) is 20.3. The van der Waals surface area contributed by atoms with Crippen molar-refractivity contribution in [1.82, 2.24) is 0 Å². The van der Waals surface area contributed by atoms with E-state index in [1.165, 1.54) is 38.5 Å². The molecule has 1 aromatic carbocycles. The van der Waals surface area contributed by atoms with E-state index in [-0.39, 0.29) is 17.3 Å². The molecule has 116 valence electrons. The molecule has 0 fully saturated rings. The second-order valence-corrected chi connectivity index (χ2v) is 4.79. The molecule has 0 bridgehead atoms. The molecule has 0 spiro atoms. The Morgan fingerprint density at radius 2 is 1.95 bits per heavy atom. The molecule has 22 heavy (non-hydrogen) atoms. The predicted octanol–water partition coefficient (Wildman–Crippen LogP) is 2.36. The summed E-state index contributed by atoms with van der Waals surface area (Å²) in [6.07, 6.45) is 5.81. The third-order valence-corrected chi connectivity index (χ3v) is 3.50. The summed E-state index contributed by atoms with van der Waals surface area (Å²) in [6, 6.07) is 8.79. The molecular formula is C17H18O5. The van der Waals surface area contributed by atoms with Gasteiger partial charge in [-0.05, 0) is 12.2 Å². The number of methoxy groups -OCH3 is 2. The van der Waals surface area contributed by atoms with Crippen LogP contribution in [0.3, 0.4) is 0 Å². The van der Waals surface area contributed by atoms with Crippen molar-refractivity contribution >= 4 is 5.78 Å². The zero-order valence-electron chi connectivity index (χ0n) is 12.4. The first-order chi connectivity index (χ1) is 10.5. The minimum absolute atomic E-state index is 0.0979. The van der Waals surface area contributed by atoms with Gasteiger partial charge in [-0.3, -0.25) is 4.79 Å². The van der Waals surface area contributed by atoms with Crippen LogP contribution in [0.25, 0.3) is 0 Å². The molecule has 5 heteroatoms. The Hall–Kier alpha value is -2.37. The number of benzene rings is 1. The summed E-state index contributed by atoms with van der Waals surface area (Å²) in [4.78, 5) is 12.1. The van der Waals surface area contributed by atoms with E-state index in [1.54, 1.807) is 24.3 Å². The van der Waals surface area contributed by atoms with E-state index >= 15 is 0 Å². The van der Waals surface area contributed by atoms with Crippen molar-refractivity contribution in [1.29, 1.82) is 0 Å². The molecular weight excluding hydrogens is 284 g/mol. The number of aliphatic hydroxyl groups excluding tert-OH is 1. The van der Waals surface area contributed by atoms with Gasteiger partial charge in [0.05, 0.1) is 13.0 Å². The van der Waals surface area contributed by atoms with Crippen LogP contribution in [0.2, 0.25) is 0 Å². The number of carbonyl (C=O) groups is 1. The largest absolute Gasteiger partial charge is 0.504 e. The standard InChI is InChI=1S/C17H18O5/c1-21-16-15(19)11-9-13(17(16,20)22-2)8-10-14(18)12-6-4-3-5-7-12/h3-11,13,19-20H,1-2H3. The Bertz CT molecular complexity index is 630. The molecule has 0 saturated carbocycles. The second-order valence-electron chi connectivity index (χ2n) is 4.79. The normalized spacial score (nSPS) is 24.8. The van der Waals surface area contributed by atoms with E-state index in [0.29, 0.717) is 5.56 Å². The molecule has 0 aliphatic heterocycles. The zero-order chi connectivity index (χ0) is 16.2. The van der Waals surface area contributed by atoms with Crippen molar-refractivity contribution in [3.63, 3.8) is 0 Å². The first-order valence-corrected chi connectivity index (χ1v) is 6.74. The van der Waals surface area contributed by atoms with Gasteiger partial charge in [0.25, 0.3) is 0 Å². The van der Waals surface area contributed by atoms with Gasteiger partial charge in [0.1, 0.15) is 0 Å². The highest BCUT2D eigenvalue weighted by Crippen LogP contribution is 2.35. The molecule has 1 aromatic rings. The lowest BCUT2D eigenvalue weighted by molar-refractivity contribution is -0.198. The van der Waals surface area contributed by atoms with Gasteiger partial charge in [-0.1, -0.05) is 42.5 Å². The average molecular weight is 302 g/mol. The zero-order valence-corrected chi connectivity index (χ0v) is 12.4. The van der Waals surface area contributed by atoms with E-state index in [0.717, 1.165) is 0 Å². The molecule has 0 amide bonds. The lowest BCUT2D eigenvalue weighted by atomic mass is 9.90. The van der Waals surface area contributed by atoms with E-state index in [2.05, 4.69) is 0 Å². The van der Waals surface area contributed by atoms with Gasteiger partial charge < -0.3 is 19.7 Å². The SMILES string of the molecule is COC1=C(O)C=CC(C=CC(=O)c2ccccc2)C1(O)OC. The average Bonchev–Trinajstić information content (AvgIpc) is 2.55. The van der Waals surface area contributed by atoms with Gasteiger partial charge >= 0.3 is 0 Å². The van der Waals surface area contributed by atoms with Gasteiger partial charge in [-0.15, -0.1) is 0 Å². The molecule has 0 radical (unpaired) electrons. The number of carbonyl (C=O) groups excluding carboxylic acids is 1. The number of ether oxygens (including phenoxy) is 2. The first-order valence-electron chi connectivity index (χ1n) is 6.74. The fourth-order valence-electron chi connectivity index (χ4n) is 2.30. The van der Waals surface area contributed by atoms with Gasteiger partial charge in [0.2, 0.25) is 5.79 Å². The molecule has 1 aliphatic rings. The second kappa shape index (κ2) is 6.60. The van der Waals surface area contributed by atoms with Crippen LogP contribution in [-0.2, 0) is 9.47 Å². The van der Waals surface area contributed by atoms with Crippen LogP contribution < -0.4 is 0 Å². The molecule has 2 atom stereocenters. The summed E-state index contributed by atoms with van der Waals surface area (Å²) in [5.74, 6) is -3.03. The maximum absolute atomic E-state index is 12.1. The summed E-state index contributed by atoms with van der Waals surface area (Å²) in [6.45, 7) is 0. The van der Waals surface area contributed by atoms with Crippen molar-refractivity contribution < 1.29 is 24.5 Å². The number of ketones is 1. The van der Waals surface area contributed by atoms with Crippen LogP contribution >= 0.6 is 0 Å². The molecule has 1 aliphatic carbocycles. The number of aliphatic hydroxyl groups is 2. The number of allylic oxidation sites excluding steroid dienone is 2. The van der Waals surface area contributed by atoms with Crippen molar-refractivity contribution in [2.24, 2.45) is 5.92 Å². The highest BCUT2D eigenvalue weighted by Gasteiger charge is 2.44. The number of rotatable bonds is 5. The minimum atomic E-state index is -1.86. The highest BCUT2D eigenvalue weighted by atomic mass is 16.6. The monoisotopic (exact) mass is 302 g/mol. The highest BCUT2D eigenvalue weighted by molar-refractivity contribution is 6.04.